The third-order valence-electron chi connectivity index (χ3n) is 4.44. The van der Waals surface area contributed by atoms with E-state index < -0.39 is 15.8 Å². The van der Waals surface area contributed by atoms with Gasteiger partial charge in [0.1, 0.15) is 17.6 Å². The monoisotopic (exact) mass is 353 g/mol. The number of hydrogen-bond acceptors (Lipinski definition) is 5. The predicted molar refractivity (Wildman–Crippen MR) is 90.0 cm³/mol. The molecule has 0 saturated carbocycles. The van der Waals surface area contributed by atoms with E-state index in [1.54, 1.807) is 0 Å². The number of benzene rings is 1. The molecule has 0 unspecified atom stereocenters. The molecule has 0 aliphatic carbocycles. The molecule has 132 valence electrons. The number of hydrogen-bond donors (Lipinski definition) is 1. The lowest BCUT2D eigenvalue weighted by molar-refractivity contribution is -0.124. The van der Waals surface area contributed by atoms with Gasteiger partial charge in [-0.25, -0.2) is 8.42 Å². The number of nitrogens with one attached hydrogen (secondary N) is 1. The summed E-state index contributed by atoms with van der Waals surface area (Å²) in [6.07, 6.45) is 1.39. The lowest BCUT2D eigenvalue weighted by Crippen LogP contribution is -2.31. The van der Waals surface area contributed by atoms with Gasteiger partial charge < -0.3 is 14.8 Å². The topological polar surface area (TPSA) is 81.7 Å². The smallest absolute Gasteiger partial charge is 0.224 e. The Hall–Kier alpha value is -1.76. The number of amides is 1. The molecule has 2 atom stereocenters. The highest BCUT2D eigenvalue weighted by Crippen LogP contribution is 2.35. The molecule has 6 nitrogen and oxygen atoms in total. The first-order valence-corrected chi connectivity index (χ1v) is 10.1. The number of carbonyl (C=O) groups is 1. The van der Waals surface area contributed by atoms with Gasteiger partial charge in [0.15, 0.2) is 9.84 Å². The summed E-state index contributed by atoms with van der Waals surface area (Å²) in [5.74, 6) is 0.957. The van der Waals surface area contributed by atoms with E-state index in [9.17, 15) is 13.2 Å². The maximum atomic E-state index is 12.2. The van der Waals surface area contributed by atoms with E-state index in [1.807, 2.05) is 26.0 Å². The molecule has 7 heteroatoms. The van der Waals surface area contributed by atoms with Gasteiger partial charge in [-0.15, -0.1) is 0 Å². The summed E-state index contributed by atoms with van der Waals surface area (Å²) < 4.78 is 34.5. The fourth-order valence-electron chi connectivity index (χ4n) is 3.24. The van der Waals surface area contributed by atoms with Gasteiger partial charge in [-0.2, -0.15) is 0 Å². The molecule has 0 radical (unpaired) electrons. The normalized spacial score (nSPS) is 24.2. The SMILES string of the molecule is CCOc1cc2c(cc1CNC(=O)[C@H]1CCS(=O)(=O)C1)O[C@@H](C)C2. The number of sulfone groups is 1. The molecule has 0 bridgehead atoms. The number of rotatable bonds is 5. The van der Waals surface area contributed by atoms with Gasteiger partial charge in [-0.05, 0) is 32.4 Å². The van der Waals surface area contributed by atoms with E-state index in [2.05, 4.69) is 5.32 Å². The van der Waals surface area contributed by atoms with Crippen LogP contribution in [-0.4, -0.2) is 38.5 Å². The highest BCUT2D eigenvalue weighted by Gasteiger charge is 2.33. The van der Waals surface area contributed by atoms with E-state index in [4.69, 9.17) is 9.47 Å². The van der Waals surface area contributed by atoms with Crippen LogP contribution in [0.4, 0.5) is 0 Å². The zero-order valence-electron chi connectivity index (χ0n) is 14.0. The second kappa shape index (κ2) is 6.63. The first-order valence-electron chi connectivity index (χ1n) is 8.31. The minimum absolute atomic E-state index is 0.0536. The Morgan fingerprint density at radius 1 is 1.42 bits per heavy atom. The maximum absolute atomic E-state index is 12.2. The average molecular weight is 353 g/mol. The van der Waals surface area contributed by atoms with Crippen molar-refractivity contribution in [1.82, 2.24) is 5.32 Å². The molecule has 3 rings (SSSR count). The van der Waals surface area contributed by atoms with Crippen LogP contribution >= 0.6 is 0 Å². The molecular formula is C17H23NO5S. The maximum Gasteiger partial charge on any atom is 0.224 e. The van der Waals surface area contributed by atoms with Gasteiger partial charge >= 0.3 is 0 Å². The zero-order valence-corrected chi connectivity index (χ0v) is 14.8. The van der Waals surface area contributed by atoms with E-state index >= 15 is 0 Å². The fourth-order valence-corrected chi connectivity index (χ4v) is 4.98. The minimum atomic E-state index is -3.06. The summed E-state index contributed by atoms with van der Waals surface area (Å²) in [4.78, 5) is 12.2. The molecule has 1 amide bonds. The van der Waals surface area contributed by atoms with Crippen LogP contribution in [0.5, 0.6) is 11.5 Å². The predicted octanol–water partition coefficient (Wildman–Crippen LogP) is 1.46. The van der Waals surface area contributed by atoms with Crippen molar-refractivity contribution in [3.05, 3.63) is 23.3 Å². The molecule has 1 aromatic rings. The Bertz CT molecular complexity index is 744. The summed E-state index contributed by atoms with van der Waals surface area (Å²) in [7, 11) is -3.06. The van der Waals surface area contributed by atoms with Gasteiger partial charge in [0, 0.05) is 24.1 Å². The first kappa shape index (κ1) is 17.1. The van der Waals surface area contributed by atoms with Crippen molar-refractivity contribution < 1.29 is 22.7 Å². The van der Waals surface area contributed by atoms with Crippen LogP contribution in [-0.2, 0) is 27.6 Å². The summed E-state index contributed by atoms with van der Waals surface area (Å²) in [5.41, 5.74) is 1.96. The second-order valence-electron chi connectivity index (χ2n) is 6.45. The Labute approximate surface area is 142 Å². The van der Waals surface area contributed by atoms with Crippen LogP contribution in [0.1, 0.15) is 31.4 Å². The zero-order chi connectivity index (χ0) is 17.3. The molecular weight excluding hydrogens is 330 g/mol. The molecule has 1 aromatic carbocycles. The third kappa shape index (κ3) is 3.66. The molecule has 24 heavy (non-hydrogen) atoms. The molecule has 0 aromatic heterocycles. The molecule has 1 saturated heterocycles. The quantitative estimate of drug-likeness (QED) is 0.867. The fraction of sp³-hybridized carbons (Fsp3) is 0.588. The first-order chi connectivity index (χ1) is 11.4. The number of fused-ring (bicyclic) bond motifs is 1. The minimum Gasteiger partial charge on any atom is -0.494 e. The Kier molecular flexibility index (Phi) is 4.71. The highest BCUT2D eigenvalue weighted by atomic mass is 32.2. The number of carbonyl (C=O) groups excluding carboxylic acids is 1. The van der Waals surface area contributed by atoms with E-state index in [0.717, 1.165) is 29.0 Å². The Morgan fingerprint density at radius 3 is 2.88 bits per heavy atom. The summed E-state index contributed by atoms with van der Waals surface area (Å²) >= 11 is 0. The van der Waals surface area contributed by atoms with Crippen molar-refractivity contribution >= 4 is 15.7 Å². The van der Waals surface area contributed by atoms with E-state index in [0.29, 0.717) is 19.6 Å². The molecule has 2 aliphatic rings. The van der Waals surface area contributed by atoms with Gasteiger partial charge in [-0.1, -0.05) is 0 Å². The van der Waals surface area contributed by atoms with Crippen molar-refractivity contribution in [2.45, 2.75) is 39.3 Å². The Morgan fingerprint density at radius 2 is 2.21 bits per heavy atom. The lowest BCUT2D eigenvalue weighted by Gasteiger charge is -2.14. The van der Waals surface area contributed by atoms with Crippen LogP contribution in [0.3, 0.4) is 0 Å². The summed E-state index contributed by atoms with van der Waals surface area (Å²) in [6, 6.07) is 3.89. The van der Waals surface area contributed by atoms with Crippen LogP contribution < -0.4 is 14.8 Å². The van der Waals surface area contributed by atoms with Crippen LogP contribution in [0, 0.1) is 5.92 Å². The van der Waals surface area contributed by atoms with Crippen molar-refractivity contribution in [3.63, 3.8) is 0 Å². The van der Waals surface area contributed by atoms with Crippen molar-refractivity contribution in [1.29, 1.82) is 0 Å². The largest absolute Gasteiger partial charge is 0.494 e. The number of ether oxygens (including phenoxy) is 2. The van der Waals surface area contributed by atoms with Crippen LogP contribution in [0.2, 0.25) is 0 Å². The molecule has 2 heterocycles. The third-order valence-corrected chi connectivity index (χ3v) is 6.20. The molecule has 0 spiro atoms. The van der Waals surface area contributed by atoms with Gasteiger partial charge in [0.05, 0.1) is 24.0 Å². The lowest BCUT2D eigenvalue weighted by atomic mass is 10.1. The highest BCUT2D eigenvalue weighted by molar-refractivity contribution is 7.91. The van der Waals surface area contributed by atoms with Crippen LogP contribution in [0.15, 0.2) is 12.1 Å². The van der Waals surface area contributed by atoms with E-state index in [-0.39, 0.29) is 23.5 Å². The Balaban J connectivity index is 1.70. The summed E-state index contributed by atoms with van der Waals surface area (Å²) in [5, 5.41) is 2.84. The van der Waals surface area contributed by atoms with Crippen LogP contribution in [0.25, 0.3) is 0 Å². The van der Waals surface area contributed by atoms with Gasteiger partial charge in [0.25, 0.3) is 0 Å². The average Bonchev–Trinajstić information content (AvgIpc) is 3.05. The van der Waals surface area contributed by atoms with E-state index in [1.165, 1.54) is 0 Å². The molecule has 2 aliphatic heterocycles. The molecule has 1 N–H and O–H groups in total. The van der Waals surface area contributed by atoms with Crippen molar-refractivity contribution in [3.8, 4) is 11.5 Å². The van der Waals surface area contributed by atoms with Crippen molar-refractivity contribution in [2.75, 3.05) is 18.1 Å². The van der Waals surface area contributed by atoms with Gasteiger partial charge in [0.2, 0.25) is 5.91 Å². The van der Waals surface area contributed by atoms with Gasteiger partial charge in [-0.3, -0.25) is 4.79 Å². The standard InChI is InChI=1S/C17H23NO5S/c1-3-22-15-7-13-6-11(2)23-16(13)8-14(15)9-18-17(19)12-4-5-24(20,21)10-12/h7-8,11-12H,3-6,9-10H2,1-2H3,(H,18,19)/t11-,12-/m0/s1. The van der Waals surface area contributed by atoms with Crippen molar-refractivity contribution in [2.24, 2.45) is 5.92 Å². The molecule has 1 fully saturated rings. The summed E-state index contributed by atoms with van der Waals surface area (Å²) in [6.45, 7) is 4.77. The second-order valence-corrected chi connectivity index (χ2v) is 8.68.